The number of piperazine rings is 1. The van der Waals surface area contributed by atoms with Crippen molar-refractivity contribution in [2.75, 3.05) is 18.0 Å². The summed E-state index contributed by atoms with van der Waals surface area (Å²) in [5.74, 6) is -1.10. The summed E-state index contributed by atoms with van der Waals surface area (Å²) in [4.78, 5) is 48.2. The van der Waals surface area contributed by atoms with Crippen LogP contribution in [-0.4, -0.2) is 69.1 Å². The van der Waals surface area contributed by atoms with Crippen molar-refractivity contribution in [3.63, 3.8) is 0 Å². The van der Waals surface area contributed by atoms with Crippen LogP contribution in [0.25, 0.3) is 0 Å². The lowest BCUT2D eigenvalue weighted by Gasteiger charge is -2.47. The number of carboxylic acids is 1. The molecule has 2 saturated heterocycles. The molecule has 3 atom stereocenters. The predicted octanol–water partition coefficient (Wildman–Crippen LogP) is 5.56. The van der Waals surface area contributed by atoms with Crippen molar-refractivity contribution in [3.05, 3.63) is 82.6 Å². The van der Waals surface area contributed by atoms with Gasteiger partial charge in [0, 0.05) is 18.0 Å². The summed E-state index contributed by atoms with van der Waals surface area (Å²) >= 11 is 1.62. The van der Waals surface area contributed by atoms with Crippen LogP contribution >= 0.6 is 11.3 Å². The molecule has 2 bridgehead atoms. The average molecular weight is 533 g/mol. The number of para-hydroxylation sites is 2. The van der Waals surface area contributed by atoms with E-state index < -0.39 is 24.1 Å². The second kappa shape index (κ2) is 10.9. The number of thiophene rings is 1. The van der Waals surface area contributed by atoms with Gasteiger partial charge in [-0.25, -0.2) is 14.4 Å². The van der Waals surface area contributed by atoms with Crippen LogP contribution in [0.4, 0.5) is 21.0 Å². The number of carboxylic acid groups (broad SMARTS) is 1. The number of carbonyl (C=O) groups is 3. The molecule has 3 aromatic rings. The van der Waals surface area contributed by atoms with Gasteiger partial charge in [-0.2, -0.15) is 0 Å². The minimum absolute atomic E-state index is 0.160. The Balaban J connectivity index is 1.44. The fraction of sp³-hybridized carbons (Fsp3) is 0.345. The van der Waals surface area contributed by atoms with Crippen molar-refractivity contribution in [2.45, 2.75) is 51.4 Å². The summed E-state index contributed by atoms with van der Waals surface area (Å²) in [6.45, 7) is 5.14. The number of aliphatic carboxylic acids is 1. The number of fused-ring (bicyclic) bond motifs is 2. The quantitative estimate of drug-likeness (QED) is 0.451. The number of hydrogen-bond donors (Lipinski definition) is 1. The average Bonchev–Trinajstić information content (AvgIpc) is 3.48. The van der Waals surface area contributed by atoms with Crippen molar-refractivity contribution in [1.82, 2.24) is 14.7 Å². The normalized spacial score (nSPS) is 20.3. The van der Waals surface area contributed by atoms with E-state index in [4.69, 9.17) is 0 Å². The van der Waals surface area contributed by atoms with Crippen molar-refractivity contribution < 1.29 is 19.5 Å². The maximum Gasteiger partial charge on any atom is 0.329 e. The molecular formula is C29H32N4O4S. The number of benzene rings is 2. The third kappa shape index (κ3) is 4.86. The van der Waals surface area contributed by atoms with Gasteiger partial charge in [0.2, 0.25) is 0 Å². The Morgan fingerprint density at radius 2 is 1.61 bits per heavy atom. The molecule has 2 aliphatic heterocycles. The molecule has 2 aliphatic rings. The predicted molar refractivity (Wildman–Crippen MR) is 148 cm³/mol. The molecule has 198 valence electrons. The zero-order valence-electron chi connectivity index (χ0n) is 21.6. The van der Waals surface area contributed by atoms with Gasteiger partial charge in [-0.3, -0.25) is 4.90 Å². The molecule has 0 unspecified atom stereocenters. The number of urea groups is 2. The molecule has 4 amide bonds. The smallest absolute Gasteiger partial charge is 0.329 e. The van der Waals surface area contributed by atoms with Crippen LogP contribution in [0, 0.1) is 6.92 Å². The topological polar surface area (TPSA) is 84.4 Å². The third-order valence-electron chi connectivity index (χ3n) is 7.38. The number of likely N-dealkylation sites (tertiary alicyclic amines) is 1. The highest BCUT2D eigenvalue weighted by Gasteiger charge is 2.54. The molecule has 0 spiro atoms. The fourth-order valence-electron chi connectivity index (χ4n) is 5.63. The first kappa shape index (κ1) is 25.8. The zero-order chi connectivity index (χ0) is 26.8. The summed E-state index contributed by atoms with van der Waals surface area (Å²) < 4.78 is 0. The molecule has 8 nitrogen and oxygen atoms in total. The van der Waals surface area contributed by atoms with E-state index in [9.17, 15) is 19.5 Å². The minimum Gasteiger partial charge on any atom is -0.480 e. The maximum absolute atomic E-state index is 14.1. The van der Waals surface area contributed by atoms with E-state index in [1.54, 1.807) is 26.0 Å². The summed E-state index contributed by atoms with van der Waals surface area (Å²) in [6, 6.07) is 18.0. The van der Waals surface area contributed by atoms with Gasteiger partial charge in [0.25, 0.3) is 0 Å². The van der Waals surface area contributed by atoms with Gasteiger partial charge in [-0.15, -0.1) is 11.3 Å². The molecule has 9 heteroatoms. The molecule has 0 aliphatic carbocycles. The highest BCUT2D eigenvalue weighted by atomic mass is 32.1. The van der Waals surface area contributed by atoms with E-state index in [0.717, 1.165) is 10.4 Å². The van der Waals surface area contributed by atoms with E-state index in [2.05, 4.69) is 11.4 Å². The van der Waals surface area contributed by atoms with Crippen LogP contribution in [-0.2, 0) is 11.3 Å². The Morgan fingerprint density at radius 3 is 2.13 bits per heavy atom. The highest BCUT2D eigenvalue weighted by Crippen LogP contribution is 2.38. The second-order valence-corrected chi connectivity index (χ2v) is 10.8. The van der Waals surface area contributed by atoms with Gasteiger partial charge in [0.05, 0.1) is 30.0 Å². The maximum atomic E-state index is 14.1. The van der Waals surface area contributed by atoms with Crippen LogP contribution in [0.1, 0.15) is 30.2 Å². The lowest BCUT2D eigenvalue weighted by Crippen LogP contribution is -2.67. The zero-order valence-corrected chi connectivity index (χ0v) is 22.4. The Hall–Kier alpha value is -3.85. The first-order valence-corrected chi connectivity index (χ1v) is 13.8. The Kier molecular flexibility index (Phi) is 7.37. The van der Waals surface area contributed by atoms with Crippen LogP contribution in [0.15, 0.2) is 72.1 Å². The number of carbonyl (C=O) groups excluding carboxylic acids is 2. The largest absolute Gasteiger partial charge is 0.480 e. The van der Waals surface area contributed by atoms with Crippen LogP contribution in [0.2, 0.25) is 0 Å². The Bertz CT molecular complexity index is 1260. The molecule has 5 rings (SSSR count). The fourth-order valence-corrected chi connectivity index (χ4v) is 6.52. The highest BCUT2D eigenvalue weighted by molar-refractivity contribution is 7.10. The van der Waals surface area contributed by atoms with Crippen LogP contribution < -0.4 is 4.90 Å². The molecule has 2 aromatic carbocycles. The number of nitrogens with zero attached hydrogens (tertiary/aromatic N) is 4. The third-order valence-corrected chi connectivity index (χ3v) is 8.42. The molecular weight excluding hydrogens is 500 g/mol. The van der Waals surface area contributed by atoms with E-state index in [1.807, 2.05) is 74.5 Å². The lowest BCUT2D eigenvalue weighted by molar-refractivity contribution is -0.145. The molecule has 38 heavy (non-hydrogen) atoms. The van der Waals surface area contributed by atoms with Gasteiger partial charge >= 0.3 is 18.0 Å². The van der Waals surface area contributed by atoms with Gasteiger partial charge in [-0.05, 0) is 68.0 Å². The molecule has 1 N–H and O–H groups in total. The second-order valence-electron chi connectivity index (χ2n) is 9.82. The summed E-state index contributed by atoms with van der Waals surface area (Å²) in [5, 5.41) is 12.4. The summed E-state index contributed by atoms with van der Waals surface area (Å²) in [6.07, 6.45) is 1.21. The standard InChI is InChI=1S/C29H32N4O4S/c1-3-30(18-24-16-20(2)19-38-24)28(36)33-23-14-15-25(33)26(27(34)35)31(17-23)29(37)32(21-10-6-4-7-11-21)22-12-8-5-9-13-22/h4-13,16,19,23,25-26H,3,14-15,17-18H2,1-2H3,(H,34,35)/t23-,25+,26-/m0/s1. The van der Waals surface area contributed by atoms with Crippen molar-refractivity contribution in [2.24, 2.45) is 0 Å². The number of aryl methyl sites for hydroxylation is 1. The van der Waals surface area contributed by atoms with Crippen molar-refractivity contribution in [1.29, 1.82) is 0 Å². The molecule has 3 heterocycles. The van der Waals surface area contributed by atoms with E-state index >= 15 is 0 Å². The van der Waals surface area contributed by atoms with Gasteiger partial charge < -0.3 is 19.8 Å². The summed E-state index contributed by atoms with van der Waals surface area (Å²) in [5.41, 5.74) is 2.47. The molecule has 0 radical (unpaired) electrons. The van der Waals surface area contributed by atoms with E-state index in [1.165, 1.54) is 4.90 Å². The monoisotopic (exact) mass is 532 g/mol. The number of rotatable bonds is 6. The SMILES string of the molecule is CCN(Cc1cc(C)cs1)C(=O)N1[C@H]2CC[C@@H]1[C@@H](C(=O)O)N(C(=O)N(c1ccccc1)c1ccccc1)C2. The first-order valence-electron chi connectivity index (χ1n) is 12.9. The molecule has 2 fully saturated rings. The van der Waals surface area contributed by atoms with E-state index in [-0.39, 0.29) is 18.6 Å². The van der Waals surface area contributed by atoms with Gasteiger partial charge in [0.15, 0.2) is 6.04 Å². The van der Waals surface area contributed by atoms with Gasteiger partial charge in [-0.1, -0.05) is 36.4 Å². The van der Waals surface area contributed by atoms with Crippen molar-refractivity contribution in [3.8, 4) is 0 Å². The van der Waals surface area contributed by atoms with Crippen LogP contribution in [0.3, 0.4) is 0 Å². The number of amides is 4. The number of anilines is 2. The Morgan fingerprint density at radius 1 is 0.974 bits per heavy atom. The Labute approximate surface area is 226 Å². The molecule has 1 aromatic heterocycles. The van der Waals surface area contributed by atoms with E-state index in [0.29, 0.717) is 37.3 Å². The first-order chi connectivity index (χ1) is 18.4. The minimum atomic E-state index is -1.14. The van der Waals surface area contributed by atoms with Gasteiger partial charge in [0.1, 0.15) is 0 Å². The lowest BCUT2D eigenvalue weighted by atomic mass is 10.0. The number of hydrogen-bond acceptors (Lipinski definition) is 4. The summed E-state index contributed by atoms with van der Waals surface area (Å²) in [7, 11) is 0. The molecule has 0 saturated carbocycles. The van der Waals surface area contributed by atoms with Crippen molar-refractivity contribution >= 4 is 40.7 Å². The van der Waals surface area contributed by atoms with Crippen LogP contribution in [0.5, 0.6) is 0 Å².